The van der Waals surface area contributed by atoms with Crippen LogP contribution in [-0.2, 0) is 14.3 Å². The van der Waals surface area contributed by atoms with Gasteiger partial charge in [0.25, 0.3) is 0 Å². The van der Waals surface area contributed by atoms with Crippen LogP contribution < -0.4 is 5.32 Å². The van der Waals surface area contributed by atoms with Gasteiger partial charge < -0.3 is 50.5 Å². The smallest absolute Gasteiger partial charge is 0.249 e. The second-order valence-corrected chi connectivity index (χ2v) is 18.3. The quantitative estimate of drug-likeness (QED) is 0.0275. The van der Waals surface area contributed by atoms with Gasteiger partial charge in [-0.3, -0.25) is 4.79 Å². The Morgan fingerprint density at radius 1 is 0.517 bits per heavy atom. The highest BCUT2D eigenvalue weighted by atomic mass is 16.7. The third-order valence-electron chi connectivity index (χ3n) is 12.7. The molecule has 1 fully saturated rings. The normalized spacial score (nSPS) is 21.5. The molecule has 0 radical (unpaired) electrons. The molecule has 11 heteroatoms. The number of rotatable bonds is 43. The maximum Gasteiger partial charge on any atom is 0.249 e. The van der Waals surface area contributed by atoms with Crippen molar-refractivity contribution in [3.63, 3.8) is 0 Å². The van der Waals surface area contributed by atoms with Crippen molar-refractivity contribution in [2.75, 3.05) is 13.2 Å². The van der Waals surface area contributed by atoms with E-state index < -0.39 is 74.2 Å². The second-order valence-electron chi connectivity index (χ2n) is 18.3. The molecule has 0 spiro atoms. The number of hydrogen-bond donors (Lipinski definition) is 8. The summed E-state index contributed by atoms with van der Waals surface area (Å²) in [5.74, 6) is -0.695. The van der Waals surface area contributed by atoms with E-state index in [1.807, 2.05) is 0 Å². The van der Waals surface area contributed by atoms with Gasteiger partial charge in [0.1, 0.15) is 36.6 Å². The van der Waals surface area contributed by atoms with Crippen molar-refractivity contribution in [1.29, 1.82) is 0 Å². The van der Waals surface area contributed by atoms with Crippen LogP contribution in [0.25, 0.3) is 0 Å². The summed E-state index contributed by atoms with van der Waals surface area (Å²) in [5, 5.41) is 75.4. The van der Waals surface area contributed by atoms with Crippen molar-refractivity contribution in [3.8, 4) is 0 Å². The van der Waals surface area contributed by atoms with Crippen LogP contribution in [-0.4, -0.2) is 110 Å². The average Bonchev–Trinajstić information content (AvgIpc) is 3.25. The van der Waals surface area contributed by atoms with Crippen LogP contribution >= 0.6 is 0 Å². The molecule has 9 unspecified atom stereocenters. The molecule has 1 aliphatic rings. The van der Waals surface area contributed by atoms with E-state index in [4.69, 9.17) is 9.47 Å². The first-order valence-electron chi connectivity index (χ1n) is 25.4. The molecule has 1 saturated heterocycles. The molecule has 0 aliphatic carbocycles. The predicted molar refractivity (Wildman–Crippen MR) is 243 cm³/mol. The summed E-state index contributed by atoms with van der Waals surface area (Å²) >= 11 is 0. The third kappa shape index (κ3) is 28.7. The van der Waals surface area contributed by atoms with Crippen LogP contribution in [0.2, 0.25) is 0 Å². The van der Waals surface area contributed by atoms with Crippen molar-refractivity contribution < 1.29 is 50.0 Å². The van der Waals surface area contributed by atoms with Gasteiger partial charge in [-0.25, -0.2) is 0 Å². The Morgan fingerprint density at radius 3 is 1.23 bits per heavy atom. The molecule has 0 bridgehead atoms. The Balaban J connectivity index is 2.21. The fourth-order valence-corrected chi connectivity index (χ4v) is 8.44. The standard InChI is InChI=1S/C49H97NO10/c1-3-5-7-9-11-12-13-14-15-16-17-18-19-20-21-22-23-24-25-26-27-28-29-31-33-35-37-42(53)48(58)50-40(44(54)41(52)36-34-32-30-10-8-6-4-2)39-59-49-47(57)46(56)45(55)43(38-51)60-49/h40-47,49,51-57H,3-39H2,1-2H3,(H,50,58). The minimum atomic E-state index is -1.65. The number of aliphatic hydroxyl groups is 7. The molecule has 11 nitrogen and oxygen atoms in total. The van der Waals surface area contributed by atoms with Crippen molar-refractivity contribution in [3.05, 3.63) is 0 Å². The molecule has 0 saturated carbocycles. The molecule has 1 amide bonds. The fourth-order valence-electron chi connectivity index (χ4n) is 8.44. The molecule has 60 heavy (non-hydrogen) atoms. The van der Waals surface area contributed by atoms with E-state index in [0.717, 1.165) is 44.9 Å². The van der Waals surface area contributed by atoms with Crippen LogP contribution in [0.1, 0.15) is 239 Å². The third-order valence-corrected chi connectivity index (χ3v) is 12.7. The van der Waals surface area contributed by atoms with Gasteiger partial charge in [-0.05, 0) is 12.8 Å². The summed E-state index contributed by atoms with van der Waals surface area (Å²) in [5.41, 5.74) is 0. The first-order chi connectivity index (χ1) is 29.2. The summed E-state index contributed by atoms with van der Waals surface area (Å²) in [6.45, 7) is 3.40. The van der Waals surface area contributed by atoms with Gasteiger partial charge in [-0.2, -0.15) is 0 Å². The summed E-state index contributed by atoms with van der Waals surface area (Å²) < 4.78 is 11.1. The molecule has 358 valence electrons. The topological polar surface area (TPSA) is 189 Å². The zero-order valence-corrected chi connectivity index (χ0v) is 38.7. The van der Waals surface area contributed by atoms with Gasteiger partial charge in [0.2, 0.25) is 5.91 Å². The lowest BCUT2D eigenvalue weighted by molar-refractivity contribution is -0.303. The SMILES string of the molecule is CCCCCCCCCCCCCCCCCCCCCCCCCCCCC(O)C(=O)NC(COC1OC(CO)C(O)C(O)C1O)C(O)C(O)CCCCCCCCC. The molecule has 0 aromatic carbocycles. The summed E-state index contributed by atoms with van der Waals surface area (Å²) in [6, 6.07) is -1.16. The highest BCUT2D eigenvalue weighted by molar-refractivity contribution is 5.80. The maximum absolute atomic E-state index is 13.1. The molecule has 1 heterocycles. The van der Waals surface area contributed by atoms with Crippen LogP contribution in [0, 0.1) is 0 Å². The summed E-state index contributed by atoms with van der Waals surface area (Å²) in [6.07, 6.45) is 30.6. The van der Waals surface area contributed by atoms with Gasteiger partial charge in [0.15, 0.2) is 6.29 Å². The van der Waals surface area contributed by atoms with E-state index in [2.05, 4.69) is 19.2 Å². The predicted octanol–water partition coefficient (Wildman–Crippen LogP) is 9.06. The number of nitrogens with one attached hydrogen (secondary N) is 1. The number of hydrogen-bond acceptors (Lipinski definition) is 10. The lowest BCUT2D eigenvalue weighted by Crippen LogP contribution is -2.60. The van der Waals surface area contributed by atoms with Crippen LogP contribution in [0.4, 0.5) is 0 Å². The van der Waals surface area contributed by atoms with Gasteiger partial charge in [0.05, 0.1) is 25.4 Å². The maximum atomic E-state index is 13.1. The fraction of sp³-hybridized carbons (Fsp3) is 0.980. The van der Waals surface area contributed by atoms with Crippen molar-refractivity contribution in [2.45, 2.75) is 294 Å². The molecule has 1 rings (SSSR count). The molecular formula is C49H97NO10. The highest BCUT2D eigenvalue weighted by Gasteiger charge is 2.44. The lowest BCUT2D eigenvalue weighted by Gasteiger charge is -2.40. The first kappa shape index (κ1) is 57.1. The van der Waals surface area contributed by atoms with E-state index in [-0.39, 0.29) is 6.42 Å². The monoisotopic (exact) mass is 860 g/mol. The number of aliphatic hydroxyl groups excluding tert-OH is 7. The van der Waals surface area contributed by atoms with Crippen molar-refractivity contribution in [2.24, 2.45) is 0 Å². The Morgan fingerprint density at radius 2 is 0.867 bits per heavy atom. The molecule has 1 aliphatic heterocycles. The number of amides is 1. The van der Waals surface area contributed by atoms with Crippen LogP contribution in [0.5, 0.6) is 0 Å². The zero-order chi connectivity index (χ0) is 44.1. The van der Waals surface area contributed by atoms with E-state index in [9.17, 15) is 40.5 Å². The average molecular weight is 860 g/mol. The Bertz CT molecular complexity index is 944. The lowest BCUT2D eigenvalue weighted by atomic mass is 9.98. The van der Waals surface area contributed by atoms with E-state index in [0.29, 0.717) is 19.3 Å². The molecule has 0 aromatic heterocycles. The number of carbonyl (C=O) groups is 1. The number of ether oxygens (including phenoxy) is 2. The van der Waals surface area contributed by atoms with Gasteiger partial charge in [0, 0.05) is 0 Å². The highest BCUT2D eigenvalue weighted by Crippen LogP contribution is 2.23. The van der Waals surface area contributed by atoms with Crippen molar-refractivity contribution >= 4 is 5.91 Å². The van der Waals surface area contributed by atoms with E-state index in [1.165, 1.54) is 154 Å². The van der Waals surface area contributed by atoms with Crippen LogP contribution in [0.3, 0.4) is 0 Å². The van der Waals surface area contributed by atoms with E-state index in [1.54, 1.807) is 0 Å². The largest absolute Gasteiger partial charge is 0.394 e. The van der Waals surface area contributed by atoms with Gasteiger partial charge in [-0.15, -0.1) is 0 Å². The number of unbranched alkanes of at least 4 members (excludes halogenated alkanes) is 31. The second kappa shape index (κ2) is 39.7. The zero-order valence-electron chi connectivity index (χ0n) is 38.7. The Hall–Kier alpha value is -0.890. The van der Waals surface area contributed by atoms with Gasteiger partial charge in [-0.1, -0.05) is 226 Å². The van der Waals surface area contributed by atoms with Gasteiger partial charge >= 0.3 is 0 Å². The summed E-state index contributed by atoms with van der Waals surface area (Å²) in [4.78, 5) is 13.1. The molecule has 8 N–H and O–H groups in total. The Kier molecular flexibility index (Phi) is 37.8. The first-order valence-corrected chi connectivity index (χ1v) is 25.4. The Labute approximate surface area is 367 Å². The minimum absolute atomic E-state index is 0.266. The van der Waals surface area contributed by atoms with E-state index >= 15 is 0 Å². The summed E-state index contributed by atoms with van der Waals surface area (Å²) in [7, 11) is 0. The molecule has 0 aromatic rings. The molecular weight excluding hydrogens is 763 g/mol. The minimum Gasteiger partial charge on any atom is -0.394 e. The number of carbonyl (C=O) groups excluding carboxylic acids is 1. The van der Waals surface area contributed by atoms with Crippen molar-refractivity contribution in [1.82, 2.24) is 5.32 Å². The molecule has 9 atom stereocenters. The van der Waals surface area contributed by atoms with Crippen LogP contribution in [0.15, 0.2) is 0 Å².